The number of ether oxygens (including phenoxy) is 1. The van der Waals surface area contributed by atoms with Gasteiger partial charge < -0.3 is 4.74 Å². The molecule has 0 radical (unpaired) electrons. The van der Waals surface area contributed by atoms with Gasteiger partial charge in [0.2, 0.25) is 10.0 Å². The van der Waals surface area contributed by atoms with Crippen LogP contribution in [0.25, 0.3) is 0 Å². The SMILES string of the molecule is CN(CCOc1ccccc1F)S(=O)(=O)c1ccc(F)cc1F. The number of benzene rings is 2. The maximum Gasteiger partial charge on any atom is 0.245 e. The zero-order valence-corrected chi connectivity index (χ0v) is 13.0. The Kier molecular flexibility index (Phi) is 5.27. The summed E-state index contributed by atoms with van der Waals surface area (Å²) in [5.74, 6) is -2.62. The second kappa shape index (κ2) is 7.01. The Bertz CT molecular complexity index is 796. The van der Waals surface area contributed by atoms with Gasteiger partial charge in [-0.3, -0.25) is 0 Å². The lowest BCUT2D eigenvalue weighted by molar-refractivity contribution is 0.275. The van der Waals surface area contributed by atoms with E-state index in [0.29, 0.717) is 6.07 Å². The second-order valence-corrected chi connectivity index (χ2v) is 6.69. The number of rotatable bonds is 6. The monoisotopic (exact) mass is 345 g/mol. The molecule has 0 N–H and O–H groups in total. The van der Waals surface area contributed by atoms with Crippen LogP contribution in [-0.2, 0) is 10.0 Å². The topological polar surface area (TPSA) is 46.6 Å². The molecule has 0 aromatic heterocycles. The highest BCUT2D eigenvalue weighted by Gasteiger charge is 2.24. The minimum absolute atomic E-state index is 0.00809. The van der Waals surface area contributed by atoms with E-state index in [4.69, 9.17) is 4.74 Å². The number of likely N-dealkylation sites (N-methyl/N-ethyl adjacent to an activating group) is 1. The Morgan fingerprint density at radius 1 is 1.04 bits per heavy atom. The summed E-state index contributed by atoms with van der Waals surface area (Å²) in [6.07, 6.45) is 0. The number of nitrogens with zero attached hydrogens (tertiary/aromatic N) is 1. The molecular formula is C15H14F3NO3S. The molecule has 0 saturated carbocycles. The maximum absolute atomic E-state index is 13.6. The third kappa shape index (κ3) is 4.02. The van der Waals surface area contributed by atoms with E-state index in [1.165, 1.54) is 25.2 Å². The molecule has 4 nitrogen and oxygen atoms in total. The first-order valence-electron chi connectivity index (χ1n) is 6.61. The van der Waals surface area contributed by atoms with Crippen LogP contribution in [0.4, 0.5) is 13.2 Å². The summed E-state index contributed by atoms with van der Waals surface area (Å²) in [4.78, 5) is -0.632. The third-order valence-corrected chi connectivity index (χ3v) is 4.97. The molecule has 0 amide bonds. The van der Waals surface area contributed by atoms with Gasteiger partial charge >= 0.3 is 0 Å². The van der Waals surface area contributed by atoms with Crippen molar-refractivity contribution < 1.29 is 26.3 Å². The van der Waals surface area contributed by atoms with E-state index in [1.807, 2.05) is 0 Å². The predicted molar refractivity (Wildman–Crippen MR) is 78.1 cm³/mol. The summed E-state index contributed by atoms with van der Waals surface area (Å²) in [6.45, 7) is -0.257. The van der Waals surface area contributed by atoms with Gasteiger partial charge in [0, 0.05) is 19.7 Å². The summed E-state index contributed by atoms with van der Waals surface area (Å²) in [7, 11) is -2.91. The van der Waals surface area contributed by atoms with Crippen molar-refractivity contribution in [1.29, 1.82) is 0 Å². The van der Waals surface area contributed by atoms with Crippen LogP contribution in [0.5, 0.6) is 5.75 Å². The molecule has 0 aliphatic heterocycles. The van der Waals surface area contributed by atoms with Crippen molar-refractivity contribution in [3.05, 3.63) is 59.9 Å². The molecule has 0 heterocycles. The molecule has 2 rings (SSSR count). The molecule has 23 heavy (non-hydrogen) atoms. The van der Waals surface area contributed by atoms with Gasteiger partial charge in [-0.25, -0.2) is 21.6 Å². The van der Waals surface area contributed by atoms with Crippen molar-refractivity contribution in [2.75, 3.05) is 20.2 Å². The highest BCUT2D eigenvalue weighted by atomic mass is 32.2. The molecule has 0 aliphatic carbocycles. The van der Waals surface area contributed by atoms with E-state index >= 15 is 0 Å². The Morgan fingerprint density at radius 2 is 1.74 bits per heavy atom. The Balaban J connectivity index is 2.04. The molecule has 0 fully saturated rings. The average Bonchev–Trinajstić information content (AvgIpc) is 2.48. The molecule has 0 bridgehead atoms. The van der Waals surface area contributed by atoms with Crippen LogP contribution >= 0.6 is 0 Å². The number of hydrogen-bond acceptors (Lipinski definition) is 3. The molecule has 0 aliphatic rings. The molecule has 0 saturated heterocycles. The fraction of sp³-hybridized carbons (Fsp3) is 0.200. The normalized spacial score (nSPS) is 11.7. The zero-order chi connectivity index (χ0) is 17.0. The van der Waals surface area contributed by atoms with Gasteiger partial charge in [-0.15, -0.1) is 0 Å². The summed E-state index contributed by atoms with van der Waals surface area (Å²) < 4.78 is 70.3. The van der Waals surface area contributed by atoms with Crippen molar-refractivity contribution >= 4 is 10.0 Å². The van der Waals surface area contributed by atoms with E-state index in [1.54, 1.807) is 6.07 Å². The average molecular weight is 345 g/mol. The third-order valence-electron chi connectivity index (χ3n) is 3.08. The highest BCUT2D eigenvalue weighted by Crippen LogP contribution is 2.19. The molecule has 0 spiro atoms. The van der Waals surface area contributed by atoms with Crippen molar-refractivity contribution in [1.82, 2.24) is 4.31 Å². The molecule has 8 heteroatoms. The standard InChI is InChI=1S/C15H14F3NO3S/c1-19(8-9-22-14-5-3-2-4-12(14)17)23(20,21)15-7-6-11(16)10-13(15)18/h2-7,10H,8-9H2,1H3. The van der Waals surface area contributed by atoms with Crippen LogP contribution in [0.3, 0.4) is 0 Å². The lowest BCUT2D eigenvalue weighted by atomic mass is 10.3. The summed E-state index contributed by atoms with van der Waals surface area (Å²) in [5, 5.41) is 0. The van der Waals surface area contributed by atoms with Crippen LogP contribution in [0.1, 0.15) is 0 Å². The van der Waals surface area contributed by atoms with Gasteiger partial charge in [0.15, 0.2) is 11.6 Å². The fourth-order valence-electron chi connectivity index (χ4n) is 1.82. The molecule has 2 aromatic carbocycles. The largest absolute Gasteiger partial charge is 0.489 e. The van der Waals surface area contributed by atoms with Gasteiger partial charge in [-0.2, -0.15) is 4.31 Å². The molecule has 0 unspecified atom stereocenters. The van der Waals surface area contributed by atoms with E-state index in [2.05, 4.69) is 0 Å². The van der Waals surface area contributed by atoms with Gasteiger partial charge in [0.1, 0.15) is 23.1 Å². The van der Waals surface area contributed by atoms with Gasteiger partial charge in [0.25, 0.3) is 0 Å². The lowest BCUT2D eigenvalue weighted by Gasteiger charge is -2.18. The summed E-state index contributed by atoms with van der Waals surface area (Å²) in [5.41, 5.74) is 0. The first-order chi connectivity index (χ1) is 10.8. The zero-order valence-electron chi connectivity index (χ0n) is 12.2. The Labute approximate surface area is 132 Å². The minimum atomic E-state index is -4.13. The number of hydrogen-bond donors (Lipinski definition) is 0. The van der Waals surface area contributed by atoms with Gasteiger partial charge in [-0.1, -0.05) is 12.1 Å². The molecular weight excluding hydrogens is 331 g/mol. The maximum atomic E-state index is 13.6. The molecule has 0 atom stereocenters. The minimum Gasteiger partial charge on any atom is -0.489 e. The van der Waals surface area contributed by atoms with E-state index in [0.717, 1.165) is 16.4 Å². The van der Waals surface area contributed by atoms with E-state index in [-0.39, 0.29) is 18.9 Å². The molecule has 124 valence electrons. The van der Waals surface area contributed by atoms with Crippen LogP contribution in [0.15, 0.2) is 47.4 Å². The van der Waals surface area contributed by atoms with Crippen molar-refractivity contribution in [3.8, 4) is 5.75 Å². The predicted octanol–water partition coefficient (Wildman–Crippen LogP) is 2.80. The van der Waals surface area contributed by atoms with Crippen molar-refractivity contribution in [2.24, 2.45) is 0 Å². The smallest absolute Gasteiger partial charge is 0.245 e. The number of halogens is 3. The van der Waals surface area contributed by atoms with E-state index in [9.17, 15) is 21.6 Å². The number of para-hydroxylation sites is 1. The van der Waals surface area contributed by atoms with Crippen LogP contribution in [0, 0.1) is 17.5 Å². The molecule has 2 aromatic rings. The first-order valence-corrected chi connectivity index (χ1v) is 8.05. The van der Waals surface area contributed by atoms with Crippen LogP contribution in [0.2, 0.25) is 0 Å². The van der Waals surface area contributed by atoms with Gasteiger partial charge in [0.05, 0.1) is 0 Å². The van der Waals surface area contributed by atoms with Crippen LogP contribution < -0.4 is 4.74 Å². The van der Waals surface area contributed by atoms with E-state index < -0.39 is 32.4 Å². The lowest BCUT2D eigenvalue weighted by Crippen LogP contribution is -2.31. The van der Waals surface area contributed by atoms with Crippen molar-refractivity contribution in [3.63, 3.8) is 0 Å². The highest BCUT2D eigenvalue weighted by molar-refractivity contribution is 7.89. The van der Waals surface area contributed by atoms with Crippen molar-refractivity contribution in [2.45, 2.75) is 4.90 Å². The Hall–Kier alpha value is -2.06. The Morgan fingerprint density at radius 3 is 2.39 bits per heavy atom. The summed E-state index contributed by atoms with van der Waals surface area (Å²) >= 11 is 0. The van der Waals surface area contributed by atoms with Gasteiger partial charge in [-0.05, 0) is 24.3 Å². The van der Waals surface area contributed by atoms with Crippen LogP contribution in [-0.4, -0.2) is 32.9 Å². The second-order valence-electron chi connectivity index (χ2n) is 4.68. The number of sulfonamides is 1. The summed E-state index contributed by atoms with van der Waals surface area (Å²) in [6, 6.07) is 7.90. The quantitative estimate of drug-likeness (QED) is 0.809. The fourth-order valence-corrected chi connectivity index (χ4v) is 3.01. The first kappa shape index (κ1) is 17.3.